The second-order valence-electron chi connectivity index (χ2n) is 31.3. The molecule has 0 bridgehead atoms. The Morgan fingerprint density at radius 3 is 0.696 bits per heavy atom. The summed E-state index contributed by atoms with van der Waals surface area (Å²) in [7, 11) is -9.93. The first-order valence-electron chi connectivity index (χ1n) is 42.8. The molecule has 102 heavy (non-hydrogen) atoms. The fourth-order valence-corrected chi connectivity index (χ4v) is 14.3. The summed E-state index contributed by atoms with van der Waals surface area (Å²) in [6.45, 7) is 14.3. The highest BCUT2D eigenvalue weighted by molar-refractivity contribution is 7.47. The van der Waals surface area contributed by atoms with Crippen LogP contribution in [0.3, 0.4) is 0 Å². The first-order valence-corrected chi connectivity index (χ1v) is 45.8. The maximum Gasteiger partial charge on any atom is 0.472 e. The molecule has 0 aliphatic heterocycles. The molecule has 0 rings (SSSR count). The van der Waals surface area contributed by atoms with Crippen LogP contribution in [-0.4, -0.2) is 96.7 Å². The van der Waals surface area contributed by atoms with Crippen molar-refractivity contribution < 1.29 is 80.2 Å². The van der Waals surface area contributed by atoms with Gasteiger partial charge in [-0.3, -0.25) is 37.3 Å². The van der Waals surface area contributed by atoms with Crippen molar-refractivity contribution in [3.8, 4) is 0 Å². The molecule has 0 aliphatic rings. The third-order valence-electron chi connectivity index (χ3n) is 20.0. The van der Waals surface area contributed by atoms with Gasteiger partial charge in [-0.2, -0.15) is 0 Å². The Kier molecular flexibility index (Phi) is 70.6. The smallest absolute Gasteiger partial charge is 0.462 e. The summed E-state index contributed by atoms with van der Waals surface area (Å²) in [4.78, 5) is 73.1. The number of carbonyl (C=O) groups excluding carboxylic acids is 4. The van der Waals surface area contributed by atoms with Crippen LogP contribution in [0.2, 0.25) is 0 Å². The van der Waals surface area contributed by atoms with E-state index in [4.69, 9.17) is 37.0 Å². The number of phosphoric acid groups is 2. The number of aliphatic hydroxyl groups excluding tert-OH is 1. The van der Waals surface area contributed by atoms with Gasteiger partial charge in [0.2, 0.25) is 0 Å². The first-order chi connectivity index (χ1) is 49.2. The monoisotopic (exact) mass is 1490 g/mol. The van der Waals surface area contributed by atoms with E-state index in [1.165, 1.54) is 225 Å². The normalized spacial score (nSPS) is 14.5. The molecule has 3 N–H and O–H groups in total. The van der Waals surface area contributed by atoms with Crippen LogP contribution in [-0.2, 0) is 65.4 Å². The molecule has 0 aliphatic carbocycles. The Balaban J connectivity index is 5.25. The molecular formula is C83H162O17P2. The third kappa shape index (κ3) is 73.6. The maximum atomic E-state index is 13.1. The number of hydrogen-bond acceptors (Lipinski definition) is 15. The first kappa shape index (κ1) is 100. The molecule has 0 saturated carbocycles. The minimum Gasteiger partial charge on any atom is -0.462 e. The standard InChI is InChI=1S/C83H162O17P2/c1-9-75(7)61-53-45-37-31-25-19-14-15-21-27-33-39-49-57-65-82(87)99-78(69-93-80(85)63-55-47-38-32-26-20-13-11-12-17-23-29-35-43-51-59-73(3)4)71-97-101(89,90)95-67-77(84)68-96-102(91,92)98-72-79(70-94-81(86)64-56-48-42-41-46-54-62-76(8)10-2)100-83(88)66-58-50-40-34-28-22-16-18-24-30-36-44-52-60-74(5)6/h73-79,84H,9-72H2,1-8H3,(H,89,90)(H,91,92)/t75?,76?,77-,78-,79-/m1/s1. The number of carbonyl (C=O) groups is 4. The van der Waals surface area contributed by atoms with Crippen molar-refractivity contribution >= 4 is 39.5 Å². The van der Waals surface area contributed by atoms with Gasteiger partial charge in [0.25, 0.3) is 0 Å². The van der Waals surface area contributed by atoms with Gasteiger partial charge in [0.05, 0.1) is 26.4 Å². The summed E-state index contributed by atoms with van der Waals surface area (Å²) in [5.74, 6) is 1.06. The molecule has 19 heteroatoms. The lowest BCUT2D eigenvalue weighted by atomic mass is 9.99. The summed E-state index contributed by atoms with van der Waals surface area (Å²) in [6.07, 6.45) is 59.6. The zero-order valence-electron chi connectivity index (χ0n) is 67.2. The summed E-state index contributed by atoms with van der Waals surface area (Å²) in [6, 6.07) is 0. The van der Waals surface area contributed by atoms with Crippen LogP contribution in [0.25, 0.3) is 0 Å². The average Bonchev–Trinajstić information content (AvgIpc) is 0.916. The molecule has 0 heterocycles. The minimum atomic E-state index is -4.96. The van der Waals surface area contributed by atoms with Gasteiger partial charge in [-0.05, 0) is 49.4 Å². The van der Waals surface area contributed by atoms with Gasteiger partial charge in [-0.25, -0.2) is 9.13 Å². The zero-order chi connectivity index (χ0) is 75.3. The highest BCUT2D eigenvalue weighted by Gasteiger charge is 2.30. The molecule has 0 saturated heterocycles. The van der Waals surface area contributed by atoms with Gasteiger partial charge in [-0.15, -0.1) is 0 Å². The van der Waals surface area contributed by atoms with Crippen molar-refractivity contribution in [3.63, 3.8) is 0 Å². The van der Waals surface area contributed by atoms with E-state index in [0.29, 0.717) is 25.7 Å². The summed E-state index contributed by atoms with van der Waals surface area (Å²) in [5.41, 5.74) is 0. The van der Waals surface area contributed by atoms with E-state index >= 15 is 0 Å². The van der Waals surface area contributed by atoms with Crippen molar-refractivity contribution in [2.45, 2.75) is 446 Å². The average molecular weight is 1490 g/mol. The maximum absolute atomic E-state index is 13.1. The molecular weight excluding hydrogens is 1330 g/mol. The predicted octanol–water partition coefficient (Wildman–Crippen LogP) is 24.8. The van der Waals surface area contributed by atoms with E-state index in [1.54, 1.807) is 0 Å². The predicted molar refractivity (Wildman–Crippen MR) is 418 cm³/mol. The molecule has 0 fully saturated rings. The van der Waals surface area contributed by atoms with Gasteiger partial charge >= 0.3 is 39.5 Å². The van der Waals surface area contributed by atoms with E-state index < -0.39 is 97.5 Å². The van der Waals surface area contributed by atoms with Crippen LogP contribution >= 0.6 is 15.6 Å². The van der Waals surface area contributed by atoms with Crippen LogP contribution < -0.4 is 0 Å². The second-order valence-corrected chi connectivity index (χ2v) is 34.2. The Morgan fingerprint density at radius 2 is 0.471 bits per heavy atom. The number of hydrogen-bond donors (Lipinski definition) is 3. The van der Waals surface area contributed by atoms with Crippen LogP contribution in [0.5, 0.6) is 0 Å². The molecule has 0 aromatic rings. The summed E-state index contributed by atoms with van der Waals surface area (Å²) >= 11 is 0. The van der Waals surface area contributed by atoms with Crippen LogP contribution in [0.4, 0.5) is 0 Å². The second kappa shape index (κ2) is 72.0. The van der Waals surface area contributed by atoms with Crippen LogP contribution in [0.15, 0.2) is 0 Å². The van der Waals surface area contributed by atoms with Crippen molar-refractivity contribution in [2.24, 2.45) is 23.7 Å². The van der Waals surface area contributed by atoms with Crippen molar-refractivity contribution in [1.82, 2.24) is 0 Å². The molecule has 606 valence electrons. The van der Waals surface area contributed by atoms with Gasteiger partial charge < -0.3 is 33.8 Å². The Bertz CT molecular complexity index is 1990. The lowest BCUT2D eigenvalue weighted by molar-refractivity contribution is -0.161. The highest BCUT2D eigenvalue weighted by Crippen LogP contribution is 2.45. The van der Waals surface area contributed by atoms with Gasteiger partial charge in [-0.1, -0.05) is 376 Å². The Morgan fingerprint density at radius 1 is 0.275 bits per heavy atom. The van der Waals surface area contributed by atoms with Crippen molar-refractivity contribution in [3.05, 3.63) is 0 Å². The van der Waals surface area contributed by atoms with Gasteiger partial charge in [0, 0.05) is 25.7 Å². The van der Waals surface area contributed by atoms with E-state index in [1.807, 2.05) is 0 Å². The van der Waals surface area contributed by atoms with Crippen LogP contribution in [0.1, 0.15) is 428 Å². The van der Waals surface area contributed by atoms with E-state index in [2.05, 4.69) is 55.4 Å². The molecule has 17 nitrogen and oxygen atoms in total. The Hall–Kier alpha value is -1.94. The molecule has 7 atom stereocenters. The lowest BCUT2D eigenvalue weighted by Gasteiger charge is -2.21. The number of unbranched alkanes of at least 4 members (excludes halogenated alkanes) is 44. The topological polar surface area (TPSA) is 237 Å². The van der Waals surface area contributed by atoms with E-state index in [9.17, 15) is 43.2 Å². The number of aliphatic hydroxyl groups is 1. The number of rotatable bonds is 80. The van der Waals surface area contributed by atoms with Gasteiger partial charge in [0.15, 0.2) is 12.2 Å². The SMILES string of the molecule is CCC(C)CCCCCCCCCCCCCCCCC(=O)O[C@H](COC(=O)CCCCCCCCCCCCCCCCCC(C)C)COP(=O)(O)OC[C@@H](O)COP(=O)(O)OC[C@@H](COC(=O)CCCCCCCCC(C)CC)OC(=O)CCCCCCCCCCCCCCCC(C)C. The number of phosphoric ester groups is 2. The summed E-state index contributed by atoms with van der Waals surface area (Å²) < 4.78 is 68.8. The van der Waals surface area contributed by atoms with E-state index in [0.717, 1.165) is 120 Å². The van der Waals surface area contributed by atoms with Crippen LogP contribution in [0, 0.1) is 23.7 Å². The highest BCUT2D eigenvalue weighted by atomic mass is 31.2. The van der Waals surface area contributed by atoms with Crippen molar-refractivity contribution in [2.75, 3.05) is 39.6 Å². The van der Waals surface area contributed by atoms with Crippen molar-refractivity contribution in [1.29, 1.82) is 0 Å². The van der Waals surface area contributed by atoms with Gasteiger partial charge in [0.1, 0.15) is 19.3 Å². The Labute approximate surface area is 626 Å². The quantitative estimate of drug-likeness (QED) is 0.0222. The summed E-state index contributed by atoms with van der Waals surface area (Å²) in [5, 5.41) is 10.7. The number of ether oxygens (including phenoxy) is 4. The third-order valence-corrected chi connectivity index (χ3v) is 21.9. The lowest BCUT2D eigenvalue weighted by Crippen LogP contribution is -2.30. The fourth-order valence-electron chi connectivity index (χ4n) is 12.7. The molecule has 0 radical (unpaired) electrons. The minimum absolute atomic E-state index is 0.106. The number of esters is 4. The molecule has 0 amide bonds. The van der Waals surface area contributed by atoms with E-state index in [-0.39, 0.29) is 25.7 Å². The molecule has 0 spiro atoms. The molecule has 4 unspecified atom stereocenters. The largest absolute Gasteiger partial charge is 0.472 e. The molecule has 0 aromatic heterocycles. The zero-order valence-corrected chi connectivity index (χ0v) is 69.0. The molecule has 0 aromatic carbocycles. The fraction of sp³-hybridized carbons (Fsp3) is 0.952.